The molecule has 0 aliphatic carbocycles. The minimum absolute atomic E-state index is 0.538. The number of aromatic nitrogens is 1. The summed E-state index contributed by atoms with van der Waals surface area (Å²) in [6.45, 7) is 0. The molecule has 2 nitrogen and oxygen atoms in total. The first-order valence-electron chi connectivity index (χ1n) is 4.10. The Kier molecular flexibility index (Phi) is 2.65. The lowest BCUT2D eigenvalue weighted by Crippen LogP contribution is -1.91. The highest BCUT2D eigenvalue weighted by molar-refractivity contribution is 9.10. The van der Waals surface area contributed by atoms with E-state index in [2.05, 4.69) is 33.0 Å². The Bertz CT molecular complexity index is 485. The van der Waals surface area contributed by atoms with Crippen LogP contribution in [0.15, 0.2) is 33.6 Å². The van der Waals surface area contributed by atoms with Crippen LogP contribution in [0.5, 0.6) is 0 Å². The molecule has 1 aromatic heterocycles. The molecule has 0 fully saturated rings. The number of hydrogen-bond donors (Lipinski definition) is 1. The predicted octanol–water partition coefficient (Wildman–Crippen LogP) is 3.30. The Balaban J connectivity index is 2.70. The van der Waals surface area contributed by atoms with Crippen LogP contribution >= 0.6 is 27.7 Å². The summed E-state index contributed by atoms with van der Waals surface area (Å²) in [5.74, 6) is 0.538. The van der Waals surface area contributed by atoms with Crippen LogP contribution in [-0.4, -0.2) is 11.2 Å². The second-order valence-corrected chi connectivity index (χ2v) is 4.65. The molecule has 0 radical (unpaired) electrons. The van der Waals surface area contributed by atoms with Gasteiger partial charge in [-0.15, -0.1) is 11.8 Å². The third-order valence-electron chi connectivity index (χ3n) is 2.01. The van der Waals surface area contributed by atoms with Crippen molar-refractivity contribution < 1.29 is 0 Å². The van der Waals surface area contributed by atoms with Gasteiger partial charge in [0.05, 0.1) is 9.99 Å². The van der Waals surface area contributed by atoms with E-state index in [0.717, 1.165) is 15.4 Å². The Morgan fingerprint density at radius 1 is 1.36 bits per heavy atom. The van der Waals surface area contributed by atoms with Crippen LogP contribution in [0.25, 0.3) is 10.9 Å². The number of hydrogen-bond acceptors (Lipinski definition) is 3. The van der Waals surface area contributed by atoms with Crippen LogP contribution in [0, 0.1) is 0 Å². The lowest BCUT2D eigenvalue weighted by Gasteiger charge is -2.03. The van der Waals surface area contributed by atoms with Crippen LogP contribution in [0.3, 0.4) is 0 Å². The van der Waals surface area contributed by atoms with Gasteiger partial charge in [0.15, 0.2) is 0 Å². The van der Waals surface area contributed by atoms with Gasteiger partial charge in [-0.3, -0.25) is 0 Å². The van der Waals surface area contributed by atoms with Crippen molar-refractivity contribution in [3.8, 4) is 0 Å². The van der Waals surface area contributed by atoms with E-state index < -0.39 is 0 Å². The van der Waals surface area contributed by atoms with Crippen LogP contribution in [-0.2, 0) is 0 Å². The van der Waals surface area contributed by atoms with Gasteiger partial charge < -0.3 is 5.73 Å². The van der Waals surface area contributed by atoms with Crippen molar-refractivity contribution in [2.45, 2.75) is 4.90 Å². The van der Waals surface area contributed by atoms with E-state index in [4.69, 9.17) is 5.73 Å². The molecule has 0 unspecified atom stereocenters. The Labute approximate surface area is 95.0 Å². The highest BCUT2D eigenvalue weighted by Crippen LogP contribution is 2.26. The molecule has 0 spiro atoms. The zero-order valence-electron chi connectivity index (χ0n) is 7.62. The van der Waals surface area contributed by atoms with Crippen molar-refractivity contribution in [1.82, 2.24) is 4.98 Å². The fraction of sp³-hybridized carbons (Fsp3) is 0.100. The van der Waals surface area contributed by atoms with Crippen molar-refractivity contribution in [2.75, 3.05) is 12.0 Å². The summed E-state index contributed by atoms with van der Waals surface area (Å²) in [6, 6.07) is 8.17. The minimum Gasteiger partial charge on any atom is -0.383 e. The standard InChI is InChI=1S/C10H9BrN2S/c1-14-7-3-2-6-4-8(11)10(12)13-9(6)5-7/h2-5H,1H3,(H2,12,13). The molecule has 2 rings (SSSR count). The van der Waals surface area contributed by atoms with E-state index in [1.165, 1.54) is 4.90 Å². The second-order valence-electron chi connectivity index (χ2n) is 2.91. The number of thioether (sulfide) groups is 1. The average molecular weight is 269 g/mol. The average Bonchev–Trinajstić information content (AvgIpc) is 2.19. The lowest BCUT2D eigenvalue weighted by molar-refractivity contribution is 1.37. The molecule has 2 N–H and O–H groups in total. The highest BCUT2D eigenvalue weighted by Gasteiger charge is 2.01. The molecule has 0 atom stereocenters. The summed E-state index contributed by atoms with van der Waals surface area (Å²) in [4.78, 5) is 5.50. The molecule has 0 aliphatic rings. The maximum absolute atomic E-state index is 5.71. The molecule has 4 heteroatoms. The predicted molar refractivity (Wildman–Crippen MR) is 65.6 cm³/mol. The van der Waals surface area contributed by atoms with E-state index in [1.54, 1.807) is 11.8 Å². The van der Waals surface area contributed by atoms with Crippen molar-refractivity contribution in [1.29, 1.82) is 0 Å². The molecular formula is C10H9BrN2S. The van der Waals surface area contributed by atoms with Gasteiger partial charge in [-0.1, -0.05) is 6.07 Å². The van der Waals surface area contributed by atoms with E-state index >= 15 is 0 Å². The molecular weight excluding hydrogens is 260 g/mol. The topological polar surface area (TPSA) is 38.9 Å². The van der Waals surface area contributed by atoms with Gasteiger partial charge in [0, 0.05) is 10.3 Å². The summed E-state index contributed by atoms with van der Waals surface area (Å²) >= 11 is 5.06. The largest absolute Gasteiger partial charge is 0.383 e. The molecule has 14 heavy (non-hydrogen) atoms. The van der Waals surface area contributed by atoms with Crippen molar-refractivity contribution in [3.05, 3.63) is 28.7 Å². The number of fused-ring (bicyclic) bond motifs is 1. The molecule has 0 saturated carbocycles. The first-order valence-corrected chi connectivity index (χ1v) is 6.12. The molecule has 0 saturated heterocycles. The van der Waals surface area contributed by atoms with Gasteiger partial charge in [0.1, 0.15) is 5.82 Å². The van der Waals surface area contributed by atoms with Gasteiger partial charge in [-0.05, 0) is 40.4 Å². The number of nitrogens with two attached hydrogens (primary N) is 1. The minimum atomic E-state index is 0.538. The number of anilines is 1. The monoisotopic (exact) mass is 268 g/mol. The van der Waals surface area contributed by atoms with Gasteiger partial charge >= 0.3 is 0 Å². The Hall–Kier alpha value is -0.740. The van der Waals surface area contributed by atoms with Gasteiger partial charge in [0.2, 0.25) is 0 Å². The van der Waals surface area contributed by atoms with E-state index in [9.17, 15) is 0 Å². The Morgan fingerprint density at radius 2 is 2.14 bits per heavy atom. The fourth-order valence-electron chi connectivity index (χ4n) is 1.26. The quantitative estimate of drug-likeness (QED) is 0.807. The van der Waals surface area contributed by atoms with E-state index in [0.29, 0.717) is 5.82 Å². The molecule has 72 valence electrons. The summed E-state index contributed by atoms with van der Waals surface area (Å²) in [5.41, 5.74) is 6.65. The van der Waals surface area contributed by atoms with Crippen LogP contribution in [0.4, 0.5) is 5.82 Å². The fourth-order valence-corrected chi connectivity index (χ4v) is 2.03. The maximum atomic E-state index is 5.71. The van der Waals surface area contributed by atoms with Gasteiger partial charge in [-0.25, -0.2) is 4.98 Å². The zero-order valence-corrected chi connectivity index (χ0v) is 10.0. The molecule has 0 aliphatic heterocycles. The molecule has 1 heterocycles. The smallest absolute Gasteiger partial charge is 0.138 e. The normalized spacial score (nSPS) is 10.7. The third kappa shape index (κ3) is 1.72. The molecule has 0 amide bonds. The summed E-state index contributed by atoms with van der Waals surface area (Å²) in [6.07, 6.45) is 2.05. The Morgan fingerprint density at radius 3 is 2.86 bits per heavy atom. The number of halogens is 1. The SMILES string of the molecule is CSc1ccc2cc(Br)c(N)nc2c1. The van der Waals surface area contributed by atoms with Crippen LogP contribution < -0.4 is 5.73 Å². The summed E-state index contributed by atoms with van der Waals surface area (Å²) < 4.78 is 0.849. The number of pyridine rings is 1. The third-order valence-corrected chi connectivity index (χ3v) is 3.37. The van der Waals surface area contributed by atoms with Crippen molar-refractivity contribution in [2.24, 2.45) is 0 Å². The molecule has 0 bridgehead atoms. The van der Waals surface area contributed by atoms with E-state index in [1.807, 2.05) is 18.4 Å². The summed E-state index contributed by atoms with van der Waals surface area (Å²) in [7, 11) is 0. The molecule has 2 aromatic rings. The zero-order chi connectivity index (χ0) is 10.1. The number of nitrogen functional groups attached to an aromatic ring is 1. The van der Waals surface area contributed by atoms with Gasteiger partial charge in [0.25, 0.3) is 0 Å². The van der Waals surface area contributed by atoms with Gasteiger partial charge in [-0.2, -0.15) is 0 Å². The lowest BCUT2D eigenvalue weighted by atomic mass is 10.2. The van der Waals surface area contributed by atoms with Crippen LogP contribution in [0.1, 0.15) is 0 Å². The molecule has 1 aromatic carbocycles. The van der Waals surface area contributed by atoms with Crippen LogP contribution in [0.2, 0.25) is 0 Å². The van der Waals surface area contributed by atoms with Crippen molar-refractivity contribution in [3.63, 3.8) is 0 Å². The second kappa shape index (κ2) is 3.79. The first-order chi connectivity index (χ1) is 6.70. The van der Waals surface area contributed by atoms with E-state index in [-0.39, 0.29) is 0 Å². The number of rotatable bonds is 1. The highest BCUT2D eigenvalue weighted by atomic mass is 79.9. The maximum Gasteiger partial charge on any atom is 0.138 e. The first kappa shape index (κ1) is 9.80. The van der Waals surface area contributed by atoms with Crippen molar-refractivity contribution >= 4 is 44.4 Å². The number of nitrogens with zero attached hydrogens (tertiary/aromatic N) is 1. The number of benzene rings is 1. The summed E-state index contributed by atoms with van der Waals surface area (Å²) in [5, 5.41) is 1.10.